The first kappa shape index (κ1) is 14.6. The van der Waals surface area contributed by atoms with Crippen molar-refractivity contribution in [3.8, 4) is 0 Å². The first-order valence-electron chi connectivity index (χ1n) is 7.13. The van der Waals surface area contributed by atoms with Crippen LogP contribution in [0.15, 0.2) is 22.7 Å². The predicted molar refractivity (Wildman–Crippen MR) is 84.0 cm³/mol. The van der Waals surface area contributed by atoms with Crippen molar-refractivity contribution in [2.24, 2.45) is 5.92 Å². The summed E-state index contributed by atoms with van der Waals surface area (Å²) in [5.74, 6) is 0.903. The lowest BCUT2D eigenvalue weighted by atomic mass is 9.84. The molecule has 0 spiro atoms. The second-order valence-corrected chi connectivity index (χ2v) is 6.43. The van der Waals surface area contributed by atoms with Gasteiger partial charge >= 0.3 is 0 Å². The summed E-state index contributed by atoms with van der Waals surface area (Å²) in [5.41, 5.74) is 1.83. The zero-order valence-electron chi connectivity index (χ0n) is 11.7. The fraction of sp³-hybridized carbons (Fsp3) is 0.562. The first-order valence-corrected chi connectivity index (χ1v) is 7.92. The molecule has 0 radical (unpaired) electrons. The predicted octanol–water partition coefficient (Wildman–Crippen LogP) is 4.67. The van der Waals surface area contributed by atoms with Crippen LogP contribution in [0.3, 0.4) is 0 Å². The standard InChI is InChI=1S/C16H22BrNO/c1-3-12-4-7-15(8-5-12)18(2)16-9-6-14(17)10-13(16)11-19/h6,9-12,15H,3-5,7-8H2,1-2H3. The zero-order valence-corrected chi connectivity index (χ0v) is 13.3. The van der Waals surface area contributed by atoms with Crippen molar-refractivity contribution in [2.45, 2.75) is 45.1 Å². The second kappa shape index (κ2) is 6.56. The number of halogens is 1. The second-order valence-electron chi connectivity index (χ2n) is 5.51. The Morgan fingerprint density at radius 3 is 2.58 bits per heavy atom. The maximum atomic E-state index is 11.2. The molecule has 2 nitrogen and oxygen atoms in total. The molecule has 1 aliphatic carbocycles. The summed E-state index contributed by atoms with van der Waals surface area (Å²) in [5, 5.41) is 0. The smallest absolute Gasteiger partial charge is 0.152 e. The average Bonchev–Trinajstić information content (AvgIpc) is 2.46. The van der Waals surface area contributed by atoms with Crippen molar-refractivity contribution < 1.29 is 4.79 Å². The van der Waals surface area contributed by atoms with Crippen molar-refractivity contribution in [2.75, 3.05) is 11.9 Å². The highest BCUT2D eigenvalue weighted by molar-refractivity contribution is 9.10. The molecule has 0 unspecified atom stereocenters. The van der Waals surface area contributed by atoms with Gasteiger partial charge in [-0.3, -0.25) is 4.79 Å². The maximum absolute atomic E-state index is 11.2. The van der Waals surface area contributed by atoms with Gasteiger partial charge in [0.15, 0.2) is 6.29 Å². The van der Waals surface area contributed by atoms with E-state index in [-0.39, 0.29) is 0 Å². The van der Waals surface area contributed by atoms with Crippen LogP contribution in [0, 0.1) is 5.92 Å². The minimum absolute atomic E-state index is 0.572. The van der Waals surface area contributed by atoms with E-state index in [9.17, 15) is 4.79 Å². The lowest BCUT2D eigenvalue weighted by molar-refractivity contribution is 0.112. The summed E-state index contributed by atoms with van der Waals surface area (Å²) in [4.78, 5) is 13.5. The summed E-state index contributed by atoms with van der Waals surface area (Å²) in [6.07, 6.45) is 7.37. The topological polar surface area (TPSA) is 20.3 Å². The third kappa shape index (κ3) is 3.38. The average molecular weight is 324 g/mol. The summed E-state index contributed by atoms with van der Waals surface area (Å²) in [6, 6.07) is 6.52. The number of benzene rings is 1. The van der Waals surface area contributed by atoms with E-state index in [1.165, 1.54) is 32.1 Å². The molecule has 1 aromatic rings. The third-order valence-corrected chi connectivity index (χ3v) is 4.93. The Bertz CT molecular complexity index is 438. The Kier molecular flexibility index (Phi) is 5.03. The van der Waals surface area contributed by atoms with Gasteiger partial charge in [-0.05, 0) is 49.8 Å². The van der Waals surface area contributed by atoms with Crippen molar-refractivity contribution >= 4 is 27.9 Å². The molecule has 0 N–H and O–H groups in total. The van der Waals surface area contributed by atoms with Gasteiger partial charge in [0.2, 0.25) is 0 Å². The number of rotatable bonds is 4. The highest BCUT2D eigenvalue weighted by atomic mass is 79.9. The fourth-order valence-electron chi connectivity index (χ4n) is 3.08. The van der Waals surface area contributed by atoms with Crippen LogP contribution in [0.2, 0.25) is 0 Å². The van der Waals surface area contributed by atoms with Crippen LogP contribution in [-0.2, 0) is 0 Å². The number of hydrogen-bond acceptors (Lipinski definition) is 2. The number of carbonyl (C=O) groups excluding carboxylic acids is 1. The minimum atomic E-state index is 0.572. The van der Waals surface area contributed by atoms with Crippen molar-refractivity contribution in [3.05, 3.63) is 28.2 Å². The molecule has 0 heterocycles. The van der Waals surface area contributed by atoms with Crippen LogP contribution in [-0.4, -0.2) is 19.4 Å². The van der Waals surface area contributed by atoms with Crippen LogP contribution < -0.4 is 4.90 Å². The van der Waals surface area contributed by atoms with Gasteiger partial charge in [-0.2, -0.15) is 0 Å². The van der Waals surface area contributed by atoms with Gasteiger partial charge in [0.05, 0.1) is 0 Å². The summed E-state index contributed by atoms with van der Waals surface area (Å²) < 4.78 is 0.960. The van der Waals surface area contributed by atoms with Crippen molar-refractivity contribution in [1.29, 1.82) is 0 Å². The summed E-state index contributed by atoms with van der Waals surface area (Å²) >= 11 is 3.42. The van der Waals surface area contributed by atoms with Gasteiger partial charge < -0.3 is 4.90 Å². The Morgan fingerprint density at radius 1 is 1.32 bits per heavy atom. The van der Waals surface area contributed by atoms with Crippen LogP contribution in [0.1, 0.15) is 49.4 Å². The summed E-state index contributed by atoms with van der Waals surface area (Å²) in [6.45, 7) is 2.29. The normalized spacial score (nSPS) is 23.1. The number of anilines is 1. The van der Waals surface area contributed by atoms with Crippen molar-refractivity contribution in [3.63, 3.8) is 0 Å². The van der Waals surface area contributed by atoms with Gasteiger partial charge in [-0.25, -0.2) is 0 Å². The lowest BCUT2D eigenvalue weighted by Crippen LogP contribution is -2.35. The number of aldehydes is 1. The third-order valence-electron chi connectivity index (χ3n) is 4.44. The van der Waals surface area contributed by atoms with E-state index in [2.05, 4.69) is 34.8 Å². The molecular weight excluding hydrogens is 302 g/mol. The quantitative estimate of drug-likeness (QED) is 0.750. The molecule has 1 aromatic carbocycles. The first-order chi connectivity index (χ1) is 9.15. The number of hydrogen-bond donors (Lipinski definition) is 0. The molecule has 1 fully saturated rings. The Labute approximate surface area is 124 Å². The molecule has 1 saturated carbocycles. The number of carbonyl (C=O) groups is 1. The molecule has 0 aliphatic heterocycles. The lowest BCUT2D eigenvalue weighted by Gasteiger charge is -2.36. The molecule has 2 rings (SSSR count). The molecule has 3 heteroatoms. The van der Waals surface area contributed by atoms with E-state index in [4.69, 9.17) is 0 Å². The van der Waals surface area contributed by atoms with Crippen LogP contribution in [0.5, 0.6) is 0 Å². The van der Waals surface area contributed by atoms with E-state index in [1.807, 2.05) is 18.2 Å². The van der Waals surface area contributed by atoms with Crippen LogP contribution >= 0.6 is 15.9 Å². The molecule has 1 aliphatic rings. The Hall–Kier alpha value is -0.830. The van der Waals surface area contributed by atoms with Gasteiger partial charge in [0.1, 0.15) is 0 Å². The molecule has 0 saturated heterocycles. The van der Waals surface area contributed by atoms with E-state index in [1.54, 1.807) is 0 Å². The molecule has 0 amide bonds. The van der Waals surface area contributed by atoms with Gasteiger partial charge in [0.25, 0.3) is 0 Å². The number of nitrogens with zero attached hydrogens (tertiary/aromatic N) is 1. The van der Waals surface area contributed by atoms with E-state index >= 15 is 0 Å². The largest absolute Gasteiger partial charge is 0.371 e. The van der Waals surface area contributed by atoms with E-state index in [0.717, 1.165) is 27.9 Å². The molecule has 0 aromatic heterocycles. The van der Waals surface area contributed by atoms with Crippen LogP contribution in [0.4, 0.5) is 5.69 Å². The molecule has 104 valence electrons. The Balaban J connectivity index is 2.11. The van der Waals surface area contributed by atoms with Gasteiger partial charge in [0, 0.05) is 28.8 Å². The van der Waals surface area contributed by atoms with Gasteiger partial charge in [-0.15, -0.1) is 0 Å². The maximum Gasteiger partial charge on any atom is 0.152 e. The SMILES string of the molecule is CCC1CCC(N(C)c2ccc(Br)cc2C=O)CC1. The zero-order chi connectivity index (χ0) is 13.8. The monoisotopic (exact) mass is 323 g/mol. The van der Waals surface area contributed by atoms with Gasteiger partial charge in [-0.1, -0.05) is 29.3 Å². The molecular formula is C16H22BrNO. The molecule has 19 heavy (non-hydrogen) atoms. The van der Waals surface area contributed by atoms with Crippen molar-refractivity contribution in [1.82, 2.24) is 0 Å². The highest BCUT2D eigenvalue weighted by Crippen LogP contribution is 2.32. The van der Waals surface area contributed by atoms with E-state index in [0.29, 0.717) is 6.04 Å². The fourth-order valence-corrected chi connectivity index (χ4v) is 3.46. The molecule has 0 atom stereocenters. The highest BCUT2D eigenvalue weighted by Gasteiger charge is 2.24. The van der Waals surface area contributed by atoms with Crippen LogP contribution in [0.25, 0.3) is 0 Å². The summed E-state index contributed by atoms with van der Waals surface area (Å²) in [7, 11) is 2.12. The Morgan fingerprint density at radius 2 is 2.00 bits per heavy atom. The minimum Gasteiger partial charge on any atom is -0.371 e. The molecule has 0 bridgehead atoms. The van der Waals surface area contributed by atoms with E-state index < -0.39 is 0 Å².